The van der Waals surface area contributed by atoms with Gasteiger partial charge in [-0.15, -0.1) is 0 Å². The molecule has 1 aromatic carbocycles. The number of nitrogens with two attached hydrogens (primary N) is 1. The number of halogens is 1. The van der Waals surface area contributed by atoms with E-state index in [2.05, 4.69) is 24.8 Å². The SMILES string of the molecule is Cc1cc(F)c(S(=O)(=O)NCCC(C)(C)O)cc1-c1cnc(N)c(-n2cncn2)n1. The summed E-state index contributed by atoms with van der Waals surface area (Å²) in [5.74, 6) is -0.585. The molecule has 0 aliphatic heterocycles. The number of aryl methyl sites for hydroxylation is 1. The van der Waals surface area contributed by atoms with E-state index in [1.54, 1.807) is 20.8 Å². The second-order valence-corrected chi connectivity index (χ2v) is 9.10. The zero-order chi connectivity index (χ0) is 22.1. The van der Waals surface area contributed by atoms with E-state index >= 15 is 0 Å². The van der Waals surface area contributed by atoms with Crippen molar-refractivity contribution in [3.05, 3.63) is 42.4 Å². The van der Waals surface area contributed by atoms with Crippen LogP contribution in [0.5, 0.6) is 0 Å². The molecule has 0 bridgehead atoms. The van der Waals surface area contributed by atoms with Crippen LogP contribution in [0.15, 0.2) is 35.9 Å². The topological polar surface area (TPSA) is 149 Å². The van der Waals surface area contributed by atoms with Crippen molar-refractivity contribution in [1.82, 2.24) is 29.5 Å². The average Bonchev–Trinajstić information content (AvgIpc) is 3.15. The van der Waals surface area contributed by atoms with Gasteiger partial charge >= 0.3 is 0 Å². The summed E-state index contributed by atoms with van der Waals surface area (Å²) in [7, 11) is -4.16. The molecule has 160 valence electrons. The van der Waals surface area contributed by atoms with Crippen molar-refractivity contribution < 1.29 is 17.9 Å². The molecule has 12 heteroatoms. The van der Waals surface area contributed by atoms with E-state index in [4.69, 9.17) is 5.73 Å². The third kappa shape index (κ3) is 4.78. The van der Waals surface area contributed by atoms with E-state index < -0.39 is 26.3 Å². The first-order valence-corrected chi connectivity index (χ1v) is 10.5. The van der Waals surface area contributed by atoms with Crippen LogP contribution in [-0.4, -0.2) is 50.4 Å². The maximum atomic E-state index is 14.5. The lowest BCUT2D eigenvalue weighted by atomic mass is 10.1. The predicted molar refractivity (Wildman–Crippen MR) is 108 cm³/mol. The van der Waals surface area contributed by atoms with Crippen LogP contribution in [0.25, 0.3) is 17.1 Å². The molecular weight excluding hydrogens is 413 g/mol. The van der Waals surface area contributed by atoms with Gasteiger partial charge in [-0.05, 0) is 44.9 Å². The Morgan fingerprint density at radius 3 is 2.70 bits per heavy atom. The summed E-state index contributed by atoms with van der Waals surface area (Å²) in [5.41, 5.74) is 5.93. The number of aromatic nitrogens is 5. The summed E-state index contributed by atoms with van der Waals surface area (Å²) in [5, 5.41) is 13.7. The number of nitrogen functional groups attached to an aromatic ring is 1. The van der Waals surface area contributed by atoms with Crippen LogP contribution in [0.3, 0.4) is 0 Å². The molecule has 0 fully saturated rings. The Hall–Kier alpha value is -2.96. The lowest BCUT2D eigenvalue weighted by molar-refractivity contribution is 0.0728. The Kier molecular flexibility index (Phi) is 5.83. The first-order valence-electron chi connectivity index (χ1n) is 8.98. The molecule has 0 radical (unpaired) electrons. The molecule has 0 saturated heterocycles. The maximum Gasteiger partial charge on any atom is 0.243 e. The average molecular weight is 435 g/mol. The Balaban J connectivity index is 2.01. The largest absolute Gasteiger partial charge is 0.390 e. The fourth-order valence-corrected chi connectivity index (χ4v) is 3.82. The highest BCUT2D eigenvalue weighted by molar-refractivity contribution is 7.89. The van der Waals surface area contributed by atoms with Gasteiger partial charge in [-0.2, -0.15) is 9.78 Å². The number of benzene rings is 1. The fourth-order valence-electron chi connectivity index (χ4n) is 2.71. The Bertz CT molecular complexity index is 1160. The molecule has 0 spiro atoms. The summed E-state index contributed by atoms with van der Waals surface area (Å²) in [6, 6.07) is 2.31. The van der Waals surface area contributed by atoms with E-state index in [1.807, 2.05) is 0 Å². The van der Waals surface area contributed by atoms with Crippen molar-refractivity contribution in [1.29, 1.82) is 0 Å². The minimum Gasteiger partial charge on any atom is -0.390 e. The molecule has 0 unspecified atom stereocenters. The van der Waals surface area contributed by atoms with Gasteiger partial charge in [-0.1, -0.05) is 0 Å². The van der Waals surface area contributed by atoms with Crippen molar-refractivity contribution in [2.75, 3.05) is 12.3 Å². The second kappa shape index (κ2) is 8.05. The third-order valence-corrected chi connectivity index (χ3v) is 5.77. The Morgan fingerprint density at radius 1 is 1.33 bits per heavy atom. The summed E-state index contributed by atoms with van der Waals surface area (Å²) in [6.45, 7) is 4.69. The van der Waals surface area contributed by atoms with Crippen molar-refractivity contribution in [3.8, 4) is 17.1 Å². The van der Waals surface area contributed by atoms with Crippen LogP contribution in [0.2, 0.25) is 0 Å². The molecule has 0 amide bonds. The first-order chi connectivity index (χ1) is 14.0. The highest BCUT2D eigenvalue weighted by Gasteiger charge is 2.23. The first kappa shape index (κ1) is 21.7. The molecule has 4 N–H and O–H groups in total. The van der Waals surface area contributed by atoms with Gasteiger partial charge in [0, 0.05) is 12.1 Å². The lowest BCUT2D eigenvalue weighted by Gasteiger charge is -2.17. The lowest BCUT2D eigenvalue weighted by Crippen LogP contribution is -2.31. The molecule has 0 saturated carbocycles. The van der Waals surface area contributed by atoms with Gasteiger partial charge in [0.25, 0.3) is 0 Å². The quantitative estimate of drug-likeness (QED) is 0.501. The van der Waals surface area contributed by atoms with Crippen LogP contribution >= 0.6 is 0 Å². The van der Waals surface area contributed by atoms with Crippen molar-refractivity contribution in [3.63, 3.8) is 0 Å². The van der Waals surface area contributed by atoms with Crippen LogP contribution < -0.4 is 10.5 Å². The number of rotatable bonds is 7. The number of sulfonamides is 1. The number of anilines is 1. The third-order valence-electron chi connectivity index (χ3n) is 4.29. The summed E-state index contributed by atoms with van der Waals surface area (Å²) in [4.78, 5) is 11.8. The van der Waals surface area contributed by atoms with E-state index in [1.165, 1.54) is 29.6 Å². The summed E-state index contributed by atoms with van der Waals surface area (Å²) >= 11 is 0. The van der Waals surface area contributed by atoms with E-state index in [0.717, 1.165) is 6.07 Å². The summed E-state index contributed by atoms with van der Waals surface area (Å²) < 4.78 is 43.4. The summed E-state index contributed by atoms with van der Waals surface area (Å²) in [6.07, 6.45) is 4.23. The molecule has 2 heterocycles. The molecular formula is C18H22FN7O3S. The number of nitrogens with one attached hydrogen (secondary N) is 1. The molecule has 0 atom stereocenters. The highest BCUT2D eigenvalue weighted by atomic mass is 32.2. The van der Waals surface area contributed by atoms with Crippen molar-refractivity contribution in [2.24, 2.45) is 0 Å². The maximum absolute atomic E-state index is 14.5. The predicted octanol–water partition coefficient (Wildman–Crippen LogP) is 1.19. The van der Waals surface area contributed by atoms with Gasteiger partial charge in [0.05, 0.1) is 17.5 Å². The van der Waals surface area contributed by atoms with E-state index in [9.17, 15) is 17.9 Å². The van der Waals surface area contributed by atoms with Crippen LogP contribution in [0.1, 0.15) is 25.8 Å². The fraction of sp³-hybridized carbons (Fsp3) is 0.333. The standard InChI is InChI=1S/C18H22FN7O3S/c1-11-6-13(19)15(30(28,29)24-5-4-18(2,3)27)7-12(11)14-8-22-16(20)17(25-14)26-10-21-9-23-26/h6-10,24,27H,4-5H2,1-3H3,(H2,20,22). The van der Waals surface area contributed by atoms with Crippen LogP contribution in [0.4, 0.5) is 10.2 Å². The Morgan fingerprint density at radius 2 is 2.07 bits per heavy atom. The molecule has 0 aliphatic carbocycles. The van der Waals surface area contributed by atoms with E-state index in [0.29, 0.717) is 16.8 Å². The van der Waals surface area contributed by atoms with Crippen molar-refractivity contribution >= 4 is 15.8 Å². The molecule has 30 heavy (non-hydrogen) atoms. The van der Waals surface area contributed by atoms with Gasteiger partial charge in [0.2, 0.25) is 10.0 Å². The van der Waals surface area contributed by atoms with Crippen LogP contribution in [-0.2, 0) is 10.0 Å². The number of nitrogens with zero attached hydrogens (tertiary/aromatic N) is 5. The number of hydrogen-bond acceptors (Lipinski definition) is 8. The molecule has 3 rings (SSSR count). The number of aliphatic hydroxyl groups is 1. The normalized spacial score (nSPS) is 12.3. The van der Waals surface area contributed by atoms with Gasteiger partial charge in [-0.3, -0.25) is 0 Å². The number of hydrogen-bond donors (Lipinski definition) is 3. The molecule has 3 aromatic rings. The van der Waals surface area contributed by atoms with Gasteiger partial charge < -0.3 is 10.8 Å². The molecule has 0 aliphatic rings. The monoisotopic (exact) mass is 435 g/mol. The second-order valence-electron chi connectivity index (χ2n) is 7.36. The molecule has 10 nitrogen and oxygen atoms in total. The van der Waals surface area contributed by atoms with E-state index in [-0.39, 0.29) is 24.6 Å². The Labute approximate surface area is 173 Å². The van der Waals surface area contributed by atoms with Gasteiger partial charge in [-0.25, -0.2) is 32.5 Å². The van der Waals surface area contributed by atoms with Gasteiger partial charge in [0.15, 0.2) is 11.6 Å². The van der Waals surface area contributed by atoms with Gasteiger partial charge in [0.1, 0.15) is 23.4 Å². The minimum absolute atomic E-state index is 0.0490. The smallest absolute Gasteiger partial charge is 0.243 e. The molecule has 2 aromatic heterocycles. The van der Waals surface area contributed by atoms with Crippen molar-refractivity contribution in [2.45, 2.75) is 37.7 Å². The highest BCUT2D eigenvalue weighted by Crippen LogP contribution is 2.28. The zero-order valence-corrected chi connectivity index (χ0v) is 17.5. The minimum atomic E-state index is -4.16. The zero-order valence-electron chi connectivity index (χ0n) is 16.7. The van der Waals surface area contributed by atoms with Crippen LogP contribution in [0, 0.1) is 12.7 Å².